The molecule has 0 radical (unpaired) electrons. The van der Waals surface area contributed by atoms with Gasteiger partial charge in [-0.3, -0.25) is 9.59 Å². The van der Waals surface area contributed by atoms with Crippen molar-refractivity contribution in [3.63, 3.8) is 0 Å². The van der Waals surface area contributed by atoms with Gasteiger partial charge in [0.1, 0.15) is 11.5 Å². The van der Waals surface area contributed by atoms with Crippen molar-refractivity contribution in [1.82, 2.24) is 14.8 Å². The molecular formula is C19H12FN3O4. The number of carbonyl (C=O) groups excluding carboxylic acids is 3. The number of para-hydroxylation sites is 1. The van der Waals surface area contributed by atoms with Gasteiger partial charge in [-0.25, -0.2) is 13.9 Å². The molecule has 2 aromatic carbocycles. The first-order chi connectivity index (χ1) is 13.0. The summed E-state index contributed by atoms with van der Waals surface area (Å²) in [5.41, 5.74) is 0.795. The zero-order valence-corrected chi connectivity index (χ0v) is 14.0. The Labute approximate surface area is 152 Å². The summed E-state index contributed by atoms with van der Waals surface area (Å²) >= 11 is 0. The van der Waals surface area contributed by atoms with Gasteiger partial charge in [0.2, 0.25) is 0 Å². The smallest absolute Gasteiger partial charge is 0.322 e. The Balaban J connectivity index is 1.60. The number of hydrogen-bond donors (Lipinski definition) is 0. The molecule has 4 rings (SSSR count). The molecule has 0 spiro atoms. The number of aryl methyl sites for hydroxylation is 1. The van der Waals surface area contributed by atoms with Crippen LogP contribution in [0.2, 0.25) is 0 Å². The van der Waals surface area contributed by atoms with Gasteiger partial charge in [-0.2, -0.15) is 5.10 Å². The standard InChI is InChI=1S/C19H12FN3O4/c1-11-10-15(21-22(11)16-9-5-4-8-14(16)20)19(26)27-23-17(24)12-6-2-3-7-13(12)18(23)25/h2-10H,1H3. The molecule has 0 saturated heterocycles. The maximum Gasteiger partial charge on any atom is 0.384 e. The van der Waals surface area contributed by atoms with E-state index in [1.165, 1.54) is 41.1 Å². The highest BCUT2D eigenvalue weighted by Gasteiger charge is 2.39. The number of nitrogens with zero attached hydrogens (tertiary/aromatic N) is 3. The molecule has 3 aromatic rings. The lowest BCUT2D eigenvalue weighted by Gasteiger charge is -2.11. The van der Waals surface area contributed by atoms with Crippen LogP contribution in [0.3, 0.4) is 0 Å². The van der Waals surface area contributed by atoms with Gasteiger partial charge >= 0.3 is 5.97 Å². The molecule has 0 N–H and O–H groups in total. The number of benzene rings is 2. The summed E-state index contributed by atoms with van der Waals surface area (Å²) in [6.07, 6.45) is 0. The van der Waals surface area contributed by atoms with Crippen molar-refractivity contribution in [3.05, 3.63) is 82.9 Å². The second kappa shape index (κ2) is 6.17. The number of imide groups is 1. The van der Waals surface area contributed by atoms with E-state index in [1.807, 2.05) is 0 Å². The van der Waals surface area contributed by atoms with Crippen LogP contribution in [0.5, 0.6) is 0 Å². The van der Waals surface area contributed by atoms with E-state index < -0.39 is 23.6 Å². The Bertz CT molecular complexity index is 1070. The van der Waals surface area contributed by atoms with Gasteiger partial charge in [-0.1, -0.05) is 29.3 Å². The zero-order valence-electron chi connectivity index (χ0n) is 14.0. The molecule has 0 unspecified atom stereocenters. The second-order valence-corrected chi connectivity index (χ2v) is 5.86. The highest BCUT2D eigenvalue weighted by Crippen LogP contribution is 2.23. The van der Waals surface area contributed by atoms with Crippen LogP contribution in [0.4, 0.5) is 4.39 Å². The molecule has 0 saturated carbocycles. The normalized spacial score (nSPS) is 13.0. The third kappa shape index (κ3) is 2.67. The quantitative estimate of drug-likeness (QED) is 0.667. The summed E-state index contributed by atoms with van der Waals surface area (Å²) in [7, 11) is 0. The Hall–Kier alpha value is -3.81. The average Bonchev–Trinajstić information content (AvgIpc) is 3.16. The van der Waals surface area contributed by atoms with E-state index in [1.54, 1.807) is 25.1 Å². The van der Waals surface area contributed by atoms with E-state index in [0.29, 0.717) is 10.8 Å². The Morgan fingerprint density at radius 2 is 1.59 bits per heavy atom. The van der Waals surface area contributed by atoms with Crippen LogP contribution in [0, 0.1) is 12.7 Å². The van der Waals surface area contributed by atoms with E-state index in [2.05, 4.69) is 5.10 Å². The molecule has 2 amide bonds. The Kier molecular flexibility index (Phi) is 3.80. The number of amides is 2. The van der Waals surface area contributed by atoms with Crippen molar-refractivity contribution in [2.45, 2.75) is 6.92 Å². The summed E-state index contributed by atoms with van der Waals surface area (Å²) in [5, 5.41) is 4.44. The summed E-state index contributed by atoms with van der Waals surface area (Å²) < 4.78 is 15.2. The van der Waals surface area contributed by atoms with Crippen molar-refractivity contribution in [3.8, 4) is 5.69 Å². The summed E-state index contributed by atoms with van der Waals surface area (Å²) in [4.78, 5) is 41.9. The monoisotopic (exact) mass is 365 g/mol. The van der Waals surface area contributed by atoms with Crippen molar-refractivity contribution in [2.24, 2.45) is 0 Å². The number of rotatable bonds is 3. The fourth-order valence-electron chi connectivity index (χ4n) is 2.82. The topological polar surface area (TPSA) is 81.5 Å². The van der Waals surface area contributed by atoms with Gasteiger partial charge in [0.05, 0.1) is 11.1 Å². The van der Waals surface area contributed by atoms with E-state index in [4.69, 9.17) is 4.84 Å². The van der Waals surface area contributed by atoms with Crippen LogP contribution in [0.15, 0.2) is 54.6 Å². The van der Waals surface area contributed by atoms with Crippen LogP contribution >= 0.6 is 0 Å². The molecule has 2 heterocycles. The summed E-state index contributed by atoms with van der Waals surface area (Å²) in [5.74, 6) is -2.96. The van der Waals surface area contributed by atoms with Gasteiger partial charge in [0.15, 0.2) is 5.69 Å². The molecule has 1 aliphatic rings. The summed E-state index contributed by atoms with van der Waals surface area (Å²) in [6, 6.07) is 13.5. The minimum atomic E-state index is -0.998. The van der Waals surface area contributed by atoms with Gasteiger partial charge in [0, 0.05) is 5.69 Å². The lowest BCUT2D eigenvalue weighted by molar-refractivity contribution is -0.0588. The predicted molar refractivity (Wildman–Crippen MR) is 90.6 cm³/mol. The molecule has 1 aromatic heterocycles. The van der Waals surface area contributed by atoms with Crippen LogP contribution in [-0.2, 0) is 4.84 Å². The molecule has 0 bridgehead atoms. The number of hydroxylamine groups is 2. The second-order valence-electron chi connectivity index (χ2n) is 5.86. The number of aromatic nitrogens is 2. The van der Waals surface area contributed by atoms with Crippen LogP contribution in [0.1, 0.15) is 36.9 Å². The highest BCUT2D eigenvalue weighted by molar-refractivity contribution is 6.21. The van der Waals surface area contributed by atoms with Crippen molar-refractivity contribution < 1.29 is 23.6 Å². The van der Waals surface area contributed by atoms with Gasteiger partial charge in [-0.15, -0.1) is 0 Å². The molecule has 134 valence electrons. The van der Waals surface area contributed by atoms with Crippen molar-refractivity contribution >= 4 is 17.8 Å². The average molecular weight is 365 g/mol. The van der Waals surface area contributed by atoms with Gasteiger partial charge in [-0.05, 0) is 37.3 Å². The number of carbonyl (C=O) groups is 3. The predicted octanol–water partition coefficient (Wildman–Crippen LogP) is 2.69. The Morgan fingerprint density at radius 1 is 1.00 bits per heavy atom. The van der Waals surface area contributed by atoms with E-state index in [0.717, 1.165) is 0 Å². The largest absolute Gasteiger partial charge is 0.384 e. The minimum absolute atomic E-state index is 0.156. The third-order valence-corrected chi connectivity index (χ3v) is 4.11. The van der Waals surface area contributed by atoms with Gasteiger partial charge in [0.25, 0.3) is 11.8 Å². The van der Waals surface area contributed by atoms with E-state index in [-0.39, 0.29) is 22.5 Å². The first-order valence-corrected chi connectivity index (χ1v) is 7.99. The highest BCUT2D eigenvalue weighted by atomic mass is 19.1. The zero-order chi connectivity index (χ0) is 19.1. The van der Waals surface area contributed by atoms with E-state index >= 15 is 0 Å². The van der Waals surface area contributed by atoms with Gasteiger partial charge < -0.3 is 4.84 Å². The number of hydrogen-bond acceptors (Lipinski definition) is 5. The molecule has 0 atom stereocenters. The molecule has 7 nitrogen and oxygen atoms in total. The Morgan fingerprint density at radius 3 is 2.22 bits per heavy atom. The van der Waals surface area contributed by atoms with Crippen molar-refractivity contribution in [1.29, 1.82) is 0 Å². The molecule has 27 heavy (non-hydrogen) atoms. The van der Waals surface area contributed by atoms with Crippen molar-refractivity contribution in [2.75, 3.05) is 0 Å². The molecule has 8 heteroatoms. The fraction of sp³-hybridized carbons (Fsp3) is 0.0526. The number of halogens is 1. The number of fused-ring (bicyclic) bond motifs is 1. The third-order valence-electron chi connectivity index (χ3n) is 4.11. The summed E-state index contributed by atoms with van der Waals surface area (Å²) in [6.45, 7) is 1.64. The molecular weight excluding hydrogens is 353 g/mol. The molecule has 0 fully saturated rings. The first kappa shape index (κ1) is 16.6. The lowest BCUT2D eigenvalue weighted by atomic mass is 10.1. The molecule has 1 aliphatic heterocycles. The van der Waals surface area contributed by atoms with E-state index in [9.17, 15) is 18.8 Å². The maximum atomic E-state index is 14.0. The fourth-order valence-corrected chi connectivity index (χ4v) is 2.82. The van der Waals surface area contributed by atoms with Crippen LogP contribution in [0.25, 0.3) is 5.69 Å². The van der Waals surface area contributed by atoms with Crippen LogP contribution < -0.4 is 0 Å². The first-order valence-electron chi connectivity index (χ1n) is 7.99. The molecule has 0 aliphatic carbocycles. The minimum Gasteiger partial charge on any atom is -0.322 e. The SMILES string of the molecule is Cc1cc(C(=O)ON2C(=O)c3ccccc3C2=O)nn1-c1ccccc1F. The van der Waals surface area contributed by atoms with Crippen LogP contribution in [-0.4, -0.2) is 32.6 Å². The maximum absolute atomic E-state index is 14.0. The lowest BCUT2D eigenvalue weighted by Crippen LogP contribution is -2.32.